The van der Waals surface area contributed by atoms with Gasteiger partial charge >= 0.3 is 0 Å². The Hall–Kier alpha value is -0.120. The van der Waals surface area contributed by atoms with E-state index in [1.807, 2.05) is 7.11 Å². The predicted octanol–water partition coefficient (Wildman–Crippen LogP) is 1.96. The maximum absolute atomic E-state index is 5.61. The van der Waals surface area contributed by atoms with E-state index in [2.05, 4.69) is 5.32 Å². The van der Waals surface area contributed by atoms with Gasteiger partial charge in [0.25, 0.3) is 0 Å². The van der Waals surface area contributed by atoms with Gasteiger partial charge in [-0.25, -0.2) is 0 Å². The lowest BCUT2D eigenvalue weighted by Crippen LogP contribution is -2.38. The van der Waals surface area contributed by atoms with Crippen molar-refractivity contribution in [3.05, 3.63) is 0 Å². The minimum absolute atomic E-state index is 0.471. The van der Waals surface area contributed by atoms with Gasteiger partial charge < -0.3 is 14.8 Å². The van der Waals surface area contributed by atoms with E-state index in [4.69, 9.17) is 9.47 Å². The Kier molecular flexibility index (Phi) is 5.07. The van der Waals surface area contributed by atoms with Gasteiger partial charge in [0, 0.05) is 26.3 Å². The third-order valence-corrected chi connectivity index (χ3v) is 3.69. The maximum Gasteiger partial charge on any atom is 0.0591 e. The highest BCUT2D eigenvalue weighted by molar-refractivity contribution is 4.78. The van der Waals surface area contributed by atoms with Crippen LogP contribution in [0.25, 0.3) is 0 Å². The van der Waals surface area contributed by atoms with Gasteiger partial charge in [-0.2, -0.15) is 0 Å². The van der Waals surface area contributed by atoms with E-state index < -0.39 is 0 Å². The fourth-order valence-electron chi connectivity index (χ4n) is 2.41. The van der Waals surface area contributed by atoms with Crippen molar-refractivity contribution in [2.75, 3.05) is 26.9 Å². The first-order chi connectivity index (χ1) is 7.88. The Labute approximate surface area is 98.9 Å². The second-order valence-corrected chi connectivity index (χ2v) is 5.19. The molecule has 2 rings (SSSR count). The van der Waals surface area contributed by atoms with E-state index in [1.54, 1.807) is 0 Å². The molecule has 2 aliphatic carbocycles. The summed E-state index contributed by atoms with van der Waals surface area (Å²) in [6.45, 7) is 2.84. The average Bonchev–Trinajstić information content (AvgIpc) is 3.13. The number of hydrogen-bond acceptors (Lipinski definition) is 3. The molecule has 2 saturated carbocycles. The number of rotatable bonds is 7. The highest BCUT2D eigenvalue weighted by Gasteiger charge is 2.22. The van der Waals surface area contributed by atoms with Crippen LogP contribution >= 0.6 is 0 Å². The first-order valence-corrected chi connectivity index (χ1v) is 6.72. The highest BCUT2D eigenvalue weighted by Crippen LogP contribution is 2.28. The molecule has 0 bridgehead atoms. The van der Waals surface area contributed by atoms with Gasteiger partial charge in [-0.05, 0) is 44.4 Å². The summed E-state index contributed by atoms with van der Waals surface area (Å²) in [5, 5.41) is 3.58. The minimum Gasteiger partial charge on any atom is -0.381 e. The van der Waals surface area contributed by atoms with Crippen LogP contribution < -0.4 is 5.32 Å². The second kappa shape index (κ2) is 6.58. The molecule has 0 aliphatic heterocycles. The van der Waals surface area contributed by atoms with E-state index in [1.165, 1.54) is 38.5 Å². The van der Waals surface area contributed by atoms with E-state index >= 15 is 0 Å². The molecule has 0 spiro atoms. The van der Waals surface area contributed by atoms with Crippen LogP contribution in [-0.2, 0) is 9.47 Å². The van der Waals surface area contributed by atoms with Gasteiger partial charge in [0.15, 0.2) is 0 Å². The van der Waals surface area contributed by atoms with Crippen molar-refractivity contribution < 1.29 is 9.47 Å². The Morgan fingerprint density at radius 2 is 2.06 bits per heavy atom. The summed E-state index contributed by atoms with van der Waals surface area (Å²) in [5.41, 5.74) is 0. The molecule has 3 nitrogen and oxygen atoms in total. The zero-order valence-electron chi connectivity index (χ0n) is 10.4. The molecule has 0 radical (unpaired) electrons. The van der Waals surface area contributed by atoms with Crippen LogP contribution in [0.2, 0.25) is 0 Å². The monoisotopic (exact) mass is 227 g/mol. The smallest absolute Gasteiger partial charge is 0.0591 e. The molecule has 0 aromatic carbocycles. The van der Waals surface area contributed by atoms with Gasteiger partial charge in [-0.3, -0.25) is 0 Å². The van der Waals surface area contributed by atoms with Gasteiger partial charge in [0.2, 0.25) is 0 Å². The topological polar surface area (TPSA) is 30.5 Å². The van der Waals surface area contributed by atoms with Crippen molar-refractivity contribution in [3.63, 3.8) is 0 Å². The second-order valence-electron chi connectivity index (χ2n) is 5.19. The summed E-state index contributed by atoms with van der Waals surface area (Å²) in [6.07, 6.45) is 8.21. The van der Waals surface area contributed by atoms with Crippen LogP contribution in [0.15, 0.2) is 0 Å². The molecular weight excluding hydrogens is 202 g/mol. The molecule has 0 aromatic rings. The van der Waals surface area contributed by atoms with Crippen LogP contribution in [0.5, 0.6) is 0 Å². The number of hydrogen-bond donors (Lipinski definition) is 1. The first kappa shape index (κ1) is 12.3. The van der Waals surface area contributed by atoms with Gasteiger partial charge in [0.1, 0.15) is 0 Å². The van der Waals surface area contributed by atoms with Crippen molar-refractivity contribution >= 4 is 0 Å². The standard InChI is InChI=1S/C13H25NO2/c1-15-13-4-2-3-12(9-13)14-7-8-16-10-11-5-6-11/h11-14H,2-10H2,1H3. The lowest BCUT2D eigenvalue weighted by molar-refractivity contribution is 0.0560. The van der Waals surface area contributed by atoms with E-state index in [-0.39, 0.29) is 0 Å². The summed E-state index contributed by atoms with van der Waals surface area (Å²) in [5.74, 6) is 0.882. The average molecular weight is 227 g/mol. The molecule has 2 atom stereocenters. The molecule has 3 heteroatoms. The van der Waals surface area contributed by atoms with Gasteiger partial charge in [-0.15, -0.1) is 0 Å². The Balaban J connectivity index is 1.47. The molecule has 2 fully saturated rings. The van der Waals surface area contributed by atoms with Crippen molar-refractivity contribution in [3.8, 4) is 0 Å². The molecule has 2 aliphatic rings. The van der Waals surface area contributed by atoms with Crippen LogP contribution in [-0.4, -0.2) is 39.0 Å². The summed E-state index contributed by atoms with van der Waals surface area (Å²) >= 11 is 0. The normalized spacial score (nSPS) is 30.6. The summed E-state index contributed by atoms with van der Waals surface area (Å²) in [7, 11) is 1.83. The molecule has 0 aromatic heterocycles. The maximum atomic E-state index is 5.61. The zero-order valence-corrected chi connectivity index (χ0v) is 10.4. The van der Waals surface area contributed by atoms with Crippen molar-refractivity contribution in [2.24, 2.45) is 5.92 Å². The molecule has 0 saturated heterocycles. The van der Waals surface area contributed by atoms with Crippen LogP contribution in [0.3, 0.4) is 0 Å². The fourth-order valence-corrected chi connectivity index (χ4v) is 2.41. The number of nitrogens with one attached hydrogen (secondary N) is 1. The van der Waals surface area contributed by atoms with E-state index in [0.29, 0.717) is 12.1 Å². The van der Waals surface area contributed by atoms with Crippen LogP contribution in [0, 0.1) is 5.92 Å². The van der Waals surface area contributed by atoms with Crippen molar-refractivity contribution in [1.82, 2.24) is 5.32 Å². The summed E-state index contributed by atoms with van der Waals surface area (Å²) in [6, 6.07) is 0.642. The molecule has 16 heavy (non-hydrogen) atoms. The Morgan fingerprint density at radius 1 is 1.19 bits per heavy atom. The van der Waals surface area contributed by atoms with E-state index in [0.717, 1.165) is 25.7 Å². The van der Waals surface area contributed by atoms with Crippen LogP contribution in [0.4, 0.5) is 0 Å². The largest absolute Gasteiger partial charge is 0.381 e. The highest BCUT2D eigenvalue weighted by atomic mass is 16.5. The number of methoxy groups -OCH3 is 1. The summed E-state index contributed by atoms with van der Waals surface area (Å²) < 4.78 is 11.0. The van der Waals surface area contributed by atoms with Crippen molar-refractivity contribution in [1.29, 1.82) is 0 Å². The Morgan fingerprint density at radius 3 is 2.81 bits per heavy atom. The van der Waals surface area contributed by atoms with Gasteiger partial charge in [-0.1, -0.05) is 0 Å². The minimum atomic E-state index is 0.471. The third-order valence-electron chi connectivity index (χ3n) is 3.69. The molecule has 0 amide bonds. The molecule has 94 valence electrons. The van der Waals surface area contributed by atoms with Gasteiger partial charge in [0.05, 0.1) is 12.7 Å². The molecular formula is C13H25NO2. The lowest BCUT2D eigenvalue weighted by atomic mass is 9.93. The lowest BCUT2D eigenvalue weighted by Gasteiger charge is -2.28. The predicted molar refractivity (Wildman–Crippen MR) is 64.6 cm³/mol. The van der Waals surface area contributed by atoms with Crippen molar-refractivity contribution in [2.45, 2.75) is 50.7 Å². The SMILES string of the molecule is COC1CCCC(NCCOCC2CC2)C1. The number of ether oxygens (including phenoxy) is 2. The molecule has 2 unspecified atom stereocenters. The fraction of sp³-hybridized carbons (Fsp3) is 1.00. The summed E-state index contributed by atoms with van der Waals surface area (Å²) in [4.78, 5) is 0. The third kappa shape index (κ3) is 4.40. The quantitative estimate of drug-likeness (QED) is 0.674. The van der Waals surface area contributed by atoms with E-state index in [9.17, 15) is 0 Å². The zero-order chi connectivity index (χ0) is 11.2. The van der Waals surface area contributed by atoms with Crippen LogP contribution in [0.1, 0.15) is 38.5 Å². The first-order valence-electron chi connectivity index (χ1n) is 6.72. The Bertz CT molecular complexity index is 194. The molecule has 0 heterocycles. The molecule has 1 N–H and O–H groups in total.